The van der Waals surface area contributed by atoms with E-state index in [-0.39, 0.29) is 17.0 Å². The molecule has 1 aromatic heterocycles. The standard InChI is InChI=1S/C17H24N2O/c1-11(2)15-14(13-9-7-12(3)8-10-13)16(20)18-19(15)17(4,5)6/h7-11H,1-6H3,(H,18,20). The van der Waals surface area contributed by atoms with Crippen LogP contribution in [-0.4, -0.2) is 9.78 Å². The van der Waals surface area contributed by atoms with Crippen molar-refractivity contribution in [3.05, 3.63) is 45.9 Å². The summed E-state index contributed by atoms with van der Waals surface area (Å²) in [6, 6.07) is 8.15. The number of aromatic amines is 1. The number of H-pyrrole nitrogens is 1. The molecule has 0 spiro atoms. The Morgan fingerprint density at radius 1 is 1.10 bits per heavy atom. The second-order valence-corrected chi connectivity index (χ2v) is 6.73. The number of nitrogens with zero attached hydrogens (tertiary/aromatic N) is 1. The lowest BCUT2D eigenvalue weighted by Gasteiger charge is -2.25. The predicted molar refractivity (Wildman–Crippen MR) is 84.3 cm³/mol. The van der Waals surface area contributed by atoms with Crippen molar-refractivity contribution in [1.82, 2.24) is 9.78 Å². The minimum absolute atomic E-state index is 0.00696. The molecule has 0 saturated carbocycles. The number of hydrogen-bond acceptors (Lipinski definition) is 1. The van der Waals surface area contributed by atoms with Gasteiger partial charge in [-0.25, -0.2) is 0 Å². The van der Waals surface area contributed by atoms with E-state index in [4.69, 9.17) is 0 Å². The molecule has 3 nitrogen and oxygen atoms in total. The Morgan fingerprint density at radius 2 is 1.65 bits per heavy atom. The molecule has 1 aromatic carbocycles. The van der Waals surface area contributed by atoms with Crippen molar-refractivity contribution in [3.8, 4) is 11.1 Å². The minimum atomic E-state index is -0.137. The van der Waals surface area contributed by atoms with E-state index in [2.05, 4.69) is 46.6 Å². The highest BCUT2D eigenvalue weighted by Gasteiger charge is 2.25. The molecule has 2 rings (SSSR count). The number of benzene rings is 1. The summed E-state index contributed by atoms with van der Waals surface area (Å²) in [6.07, 6.45) is 0. The van der Waals surface area contributed by atoms with Crippen LogP contribution in [0.25, 0.3) is 11.1 Å². The van der Waals surface area contributed by atoms with E-state index in [0.29, 0.717) is 0 Å². The van der Waals surface area contributed by atoms with Gasteiger partial charge in [0.2, 0.25) is 0 Å². The van der Waals surface area contributed by atoms with Gasteiger partial charge in [-0.05, 0) is 39.2 Å². The molecule has 0 saturated heterocycles. The van der Waals surface area contributed by atoms with Crippen LogP contribution in [0.3, 0.4) is 0 Å². The summed E-state index contributed by atoms with van der Waals surface area (Å²) in [5.74, 6) is 0.282. The zero-order valence-electron chi connectivity index (χ0n) is 13.2. The Bertz CT molecular complexity index is 652. The van der Waals surface area contributed by atoms with Crippen LogP contribution in [0.2, 0.25) is 0 Å². The first-order chi connectivity index (χ1) is 9.21. The summed E-state index contributed by atoms with van der Waals surface area (Å²) >= 11 is 0. The van der Waals surface area contributed by atoms with Crippen molar-refractivity contribution >= 4 is 0 Å². The molecule has 20 heavy (non-hydrogen) atoms. The van der Waals surface area contributed by atoms with Gasteiger partial charge in [0.25, 0.3) is 5.56 Å². The molecule has 2 aromatic rings. The van der Waals surface area contributed by atoms with Crippen LogP contribution < -0.4 is 5.56 Å². The Balaban J connectivity index is 2.73. The van der Waals surface area contributed by atoms with Gasteiger partial charge in [0.1, 0.15) is 0 Å². The van der Waals surface area contributed by atoms with Gasteiger partial charge < -0.3 is 0 Å². The highest BCUT2D eigenvalue weighted by Crippen LogP contribution is 2.30. The third-order valence-electron chi connectivity index (χ3n) is 3.50. The number of aromatic nitrogens is 2. The molecule has 1 heterocycles. The van der Waals surface area contributed by atoms with E-state index >= 15 is 0 Å². The average molecular weight is 272 g/mol. The number of hydrogen-bond donors (Lipinski definition) is 1. The second-order valence-electron chi connectivity index (χ2n) is 6.73. The fourth-order valence-corrected chi connectivity index (χ4v) is 2.52. The number of rotatable bonds is 2. The Labute approximate surface area is 120 Å². The molecule has 0 amide bonds. The average Bonchev–Trinajstić information content (AvgIpc) is 2.68. The second kappa shape index (κ2) is 4.97. The molecule has 108 valence electrons. The van der Waals surface area contributed by atoms with Crippen LogP contribution in [0.1, 0.15) is 51.8 Å². The van der Waals surface area contributed by atoms with Crippen molar-refractivity contribution in [1.29, 1.82) is 0 Å². The molecular weight excluding hydrogens is 248 g/mol. The first kappa shape index (κ1) is 14.6. The van der Waals surface area contributed by atoms with Crippen LogP contribution in [0.4, 0.5) is 0 Å². The summed E-state index contributed by atoms with van der Waals surface area (Å²) in [5.41, 5.74) is 3.92. The fraction of sp³-hybridized carbons (Fsp3) is 0.471. The van der Waals surface area contributed by atoms with Crippen LogP contribution in [0.5, 0.6) is 0 Å². The Morgan fingerprint density at radius 3 is 2.10 bits per heavy atom. The first-order valence-electron chi connectivity index (χ1n) is 7.14. The first-order valence-corrected chi connectivity index (χ1v) is 7.14. The molecular formula is C17H24N2O. The fourth-order valence-electron chi connectivity index (χ4n) is 2.52. The predicted octanol–water partition coefficient (Wildman–Crippen LogP) is 4.03. The molecule has 0 radical (unpaired) electrons. The molecule has 0 fully saturated rings. The van der Waals surface area contributed by atoms with Crippen LogP contribution in [0.15, 0.2) is 29.1 Å². The van der Waals surface area contributed by atoms with Crippen molar-refractivity contribution in [3.63, 3.8) is 0 Å². The maximum atomic E-state index is 12.4. The summed E-state index contributed by atoms with van der Waals surface area (Å²) in [5, 5.41) is 3.01. The molecule has 1 N–H and O–H groups in total. The Kier molecular flexibility index (Phi) is 3.63. The zero-order chi connectivity index (χ0) is 15.1. The molecule has 0 aliphatic heterocycles. The van der Waals surface area contributed by atoms with Crippen molar-refractivity contribution in [2.24, 2.45) is 0 Å². The van der Waals surface area contributed by atoms with Gasteiger partial charge in [-0.15, -0.1) is 0 Å². The van der Waals surface area contributed by atoms with Crippen LogP contribution >= 0.6 is 0 Å². The third kappa shape index (κ3) is 2.58. The van der Waals surface area contributed by atoms with E-state index in [9.17, 15) is 4.79 Å². The summed E-state index contributed by atoms with van der Waals surface area (Å²) < 4.78 is 2.01. The zero-order valence-corrected chi connectivity index (χ0v) is 13.2. The lowest BCUT2D eigenvalue weighted by atomic mass is 9.97. The largest absolute Gasteiger partial charge is 0.283 e. The summed E-state index contributed by atoms with van der Waals surface area (Å²) in [6.45, 7) is 12.6. The highest BCUT2D eigenvalue weighted by molar-refractivity contribution is 5.66. The summed E-state index contributed by atoms with van der Waals surface area (Å²) in [4.78, 5) is 12.4. The van der Waals surface area contributed by atoms with E-state index < -0.39 is 0 Å². The normalized spacial score (nSPS) is 12.2. The quantitative estimate of drug-likeness (QED) is 0.880. The number of aryl methyl sites for hydroxylation is 1. The number of nitrogens with one attached hydrogen (secondary N) is 1. The van der Waals surface area contributed by atoms with Gasteiger partial charge in [-0.2, -0.15) is 0 Å². The van der Waals surface area contributed by atoms with Gasteiger partial charge in [-0.3, -0.25) is 14.6 Å². The van der Waals surface area contributed by atoms with Gasteiger partial charge >= 0.3 is 0 Å². The van der Waals surface area contributed by atoms with E-state index in [1.807, 2.05) is 28.9 Å². The molecule has 0 bridgehead atoms. The van der Waals surface area contributed by atoms with Crippen molar-refractivity contribution in [2.45, 2.75) is 53.0 Å². The summed E-state index contributed by atoms with van der Waals surface area (Å²) in [7, 11) is 0. The van der Waals surface area contributed by atoms with Gasteiger partial charge in [-0.1, -0.05) is 43.7 Å². The molecule has 0 aliphatic rings. The molecule has 0 unspecified atom stereocenters. The van der Waals surface area contributed by atoms with Crippen molar-refractivity contribution < 1.29 is 0 Å². The monoisotopic (exact) mass is 272 g/mol. The van der Waals surface area contributed by atoms with E-state index in [1.54, 1.807) is 0 Å². The lowest BCUT2D eigenvalue weighted by Crippen LogP contribution is -2.26. The molecule has 0 atom stereocenters. The van der Waals surface area contributed by atoms with Crippen molar-refractivity contribution in [2.75, 3.05) is 0 Å². The lowest BCUT2D eigenvalue weighted by molar-refractivity contribution is 0.337. The van der Waals surface area contributed by atoms with E-state index in [0.717, 1.165) is 16.8 Å². The minimum Gasteiger partial charge on any atom is -0.283 e. The molecule has 3 heteroatoms. The van der Waals surface area contributed by atoms with E-state index in [1.165, 1.54) is 5.56 Å². The molecule has 0 aliphatic carbocycles. The topological polar surface area (TPSA) is 37.8 Å². The smallest absolute Gasteiger partial charge is 0.272 e. The maximum Gasteiger partial charge on any atom is 0.272 e. The van der Waals surface area contributed by atoms with Gasteiger partial charge in [0.05, 0.1) is 16.8 Å². The van der Waals surface area contributed by atoms with Crippen LogP contribution in [-0.2, 0) is 5.54 Å². The Hall–Kier alpha value is -1.77. The van der Waals surface area contributed by atoms with Crippen LogP contribution in [0, 0.1) is 6.92 Å². The van der Waals surface area contributed by atoms with Gasteiger partial charge in [0.15, 0.2) is 0 Å². The SMILES string of the molecule is Cc1ccc(-c2c(C(C)C)n(C(C)(C)C)[nH]c2=O)cc1. The highest BCUT2D eigenvalue weighted by atomic mass is 16.1. The third-order valence-corrected chi connectivity index (χ3v) is 3.50. The maximum absolute atomic E-state index is 12.4. The van der Waals surface area contributed by atoms with Gasteiger partial charge in [0, 0.05) is 0 Å².